The van der Waals surface area contributed by atoms with Gasteiger partial charge in [0.25, 0.3) is 0 Å². The molecule has 1 atom stereocenters. The molecule has 17 heavy (non-hydrogen) atoms. The molecule has 1 aromatic rings. The summed E-state index contributed by atoms with van der Waals surface area (Å²) in [4.78, 5) is 8.21. The van der Waals surface area contributed by atoms with Crippen molar-refractivity contribution in [2.24, 2.45) is 0 Å². The van der Waals surface area contributed by atoms with Crippen LogP contribution in [0.3, 0.4) is 0 Å². The lowest BCUT2D eigenvalue weighted by molar-refractivity contribution is 0.433. The summed E-state index contributed by atoms with van der Waals surface area (Å²) in [7, 11) is 0. The molecule has 0 saturated heterocycles. The maximum absolute atomic E-state index is 9.21. The van der Waals surface area contributed by atoms with Crippen LogP contribution in [0.5, 0.6) is 0 Å². The number of nitrogens with one attached hydrogen (secondary N) is 1. The van der Waals surface area contributed by atoms with Crippen molar-refractivity contribution < 1.29 is 0 Å². The lowest BCUT2D eigenvalue weighted by Crippen LogP contribution is -2.42. The molecule has 1 saturated carbocycles. The minimum atomic E-state index is -0.406. The van der Waals surface area contributed by atoms with Crippen molar-refractivity contribution in [2.75, 3.05) is 5.75 Å². The van der Waals surface area contributed by atoms with E-state index in [-0.39, 0.29) is 0 Å². The van der Waals surface area contributed by atoms with E-state index >= 15 is 0 Å². The molecule has 1 N–H and O–H groups in total. The van der Waals surface area contributed by atoms with Gasteiger partial charge in [-0.3, -0.25) is 10.3 Å². The van der Waals surface area contributed by atoms with Gasteiger partial charge in [0.15, 0.2) is 0 Å². The van der Waals surface area contributed by atoms with Gasteiger partial charge in [-0.2, -0.15) is 5.26 Å². The highest BCUT2D eigenvalue weighted by atomic mass is 32.2. The Labute approximate surface area is 106 Å². The second-order valence-electron chi connectivity index (χ2n) is 4.50. The molecule has 1 aromatic heterocycles. The average Bonchev–Trinajstić information content (AvgIpc) is 3.14. The van der Waals surface area contributed by atoms with Gasteiger partial charge in [-0.15, -0.1) is 11.8 Å². The molecule has 90 valence electrons. The number of hydrogen-bond donors (Lipinski definition) is 1. The second kappa shape index (κ2) is 5.48. The molecular weight excluding hydrogens is 232 g/mol. The van der Waals surface area contributed by atoms with Gasteiger partial charge < -0.3 is 0 Å². The summed E-state index contributed by atoms with van der Waals surface area (Å²) in [6.45, 7) is 1.97. The second-order valence-corrected chi connectivity index (χ2v) is 5.62. The van der Waals surface area contributed by atoms with Crippen molar-refractivity contribution in [3.63, 3.8) is 0 Å². The van der Waals surface area contributed by atoms with Crippen LogP contribution in [0.2, 0.25) is 0 Å². The predicted molar refractivity (Wildman–Crippen MR) is 67.5 cm³/mol. The topological polar surface area (TPSA) is 61.6 Å². The summed E-state index contributed by atoms with van der Waals surface area (Å²) < 4.78 is 0. The minimum absolute atomic E-state index is 0.406. The number of thioether (sulfide) groups is 1. The molecule has 1 aliphatic rings. The van der Waals surface area contributed by atoms with Gasteiger partial charge in [-0.1, -0.05) is 0 Å². The summed E-state index contributed by atoms with van der Waals surface area (Å²) in [6.07, 6.45) is 8.33. The normalized spacial score (nSPS) is 18.4. The summed E-state index contributed by atoms with van der Waals surface area (Å²) in [5, 5.41) is 13.5. The molecule has 0 bridgehead atoms. The fraction of sp³-hybridized carbons (Fsp3) is 0.583. The van der Waals surface area contributed by atoms with Crippen LogP contribution in [0.25, 0.3) is 0 Å². The fourth-order valence-corrected chi connectivity index (χ4v) is 2.55. The Bertz CT molecular complexity index is 399. The standard InChI is InChI=1S/C12H16N4S/c1-12(9-13,16-10-2-3-10)4-7-17-11-8-14-5-6-15-11/h5-6,8,10,16H,2-4,7H2,1H3. The molecule has 0 aromatic carbocycles. The lowest BCUT2D eigenvalue weighted by Gasteiger charge is -2.22. The van der Waals surface area contributed by atoms with Gasteiger partial charge in [0.2, 0.25) is 0 Å². The Morgan fingerprint density at radius 2 is 2.41 bits per heavy atom. The van der Waals surface area contributed by atoms with E-state index in [9.17, 15) is 5.26 Å². The number of nitriles is 1. The summed E-state index contributed by atoms with van der Waals surface area (Å²) in [5.41, 5.74) is -0.406. The molecule has 1 fully saturated rings. The summed E-state index contributed by atoms with van der Waals surface area (Å²) in [5.74, 6) is 0.877. The maximum atomic E-state index is 9.21. The minimum Gasteiger partial charge on any atom is -0.297 e. The molecule has 1 aliphatic carbocycles. The van der Waals surface area contributed by atoms with Crippen LogP contribution in [0.1, 0.15) is 26.2 Å². The summed E-state index contributed by atoms with van der Waals surface area (Å²) >= 11 is 1.65. The van der Waals surface area contributed by atoms with Gasteiger partial charge in [-0.05, 0) is 26.2 Å². The van der Waals surface area contributed by atoms with E-state index in [2.05, 4.69) is 21.4 Å². The zero-order valence-corrected chi connectivity index (χ0v) is 10.7. The number of rotatable bonds is 6. The highest BCUT2D eigenvalue weighted by Crippen LogP contribution is 2.25. The molecule has 0 aliphatic heterocycles. The number of nitrogens with zero attached hydrogens (tertiary/aromatic N) is 3. The van der Waals surface area contributed by atoms with E-state index in [4.69, 9.17) is 0 Å². The van der Waals surface area contributed by atoms with Crippen molar-refractivity contribution in [3.8, 4) is 6.07 Å². The lowest BCUT2D eigenvalue weighted by atomic mass is 10.0. The van der Waals surface area contributed by atoms with E-state index in [0.29, 0.717) is 6.04 Å². The first-order chi connectivity index (χ1) is 8.22. The smallest absolute Gasteiger partial charge is 0.114 e. The van der Waals surface area contributed by atoms with Gasteiger partial charge in [0.1, 0.15) is 10.6 Å². The molecule has 2 rings (SSSR count). The number of aromatic nitrogens is 2. The Kier molecular flexibility index (Phi) is 3.97. The first-order valence-electron chi connectivity index (χ1n) is 5.80. The zero-order valence-electron chi connectivity index (χ0n) is 9.89. The van der Waals surface area contributed by atoms with E-state index in [0.717, 1.165) is 17.2 Å². The Balaban J connectivity index is 1.78. The molecule has 1 heterocycles. The molecule has 4 nitrogen and oxygen atoms in total. The third-order valence-electron chi connectivity index (χ3n) is 2.74. The van der Waals surface area contributed by atoms with Crippen molar-refractivity contribution in [2.45, 2.75) is 42.8 Å². The zero-order chi connectivity index (χ0) is 12.1. The molecule has 1 unspecified atom stereocenters. The maximum Gasteiger partial charge on any atom is 0.114 e. The first kappa shape index (κ1) is 12.3. The predicted octanol–water partition coefficient (Wildman–Crippen LogP) is 1.99. The van der Waals surface area contributed by atoms with Crippen LogP contribution in [0.15, 0.2) is 23.6 Å². The van der Waals surface area contributed by atoms with E-state index in [1.807, 2.05) is 6.92 Å². The van der Waals surface area contributed by atoms with Crippen molar-refractivity contribution in [1.29, 1.82) is 5.26 Å². The van der Waals surface area contributed by atoms with Crippen LogP contribution >= 0.6 is 11.8 Å². The van der Waals surface area contributed by atoms with Crippen LogP contribution < -0.4 is 5.32 Å². The first-order valence-corrected chi connectivity index (χ1v) is 6.78. The van der Waals surface area contributed by atoms with E-state index in [1.165, 1.54) is 12.8 Å². The van der Waals surface area contributed by atoms with Crippen LogP contribution in [-0.4, -0.2) is 27.3 Å². The van der Waals surface area contributed by atoms with E-state index in [1.54, 1.807) is 30.4 Å². The Morgan fingerprint density at radius 1 is 1.59 bits per heavy atom. The SMILES string of the molecule is CC(C#N)(CCSc1cnccn1)NC1CC1. The summed E-state index contributed by atoms with van der Waals surface area (Å²) in [6, 6.07) is 2.93. The van der Waals surface area contributed by atoms with Gasteiger partial charge in [-0.25, -0.2) is 4.98 Å². The van der Waals surface area contributed by atoms with Gasteiger partial charge in [0, 0.05) is 24.2 Å². The molecule has 5 heteroatoms. The van der Waals surface area contributed by atoms with Crippen LogP contribution in [0, 0.1) is 11.3 Å². The molecule has 0 radical (unpaired) electrons. The van der Waals surface area contributed by atoms with Crippen LogP contribution in [0.4, 0.5) is 0 Å². The van der Waals surface area contributed by atoms with Gasteiger partial charge >= 0.3 is 0 Å². The third-order valence-corrected chi connectivity index (χ3v) is 3.65. The quantitative estimate of drug-likeness (QED) is 0.780. The number of hydrogen-bond acceptors (Lipinski definition) is 5. The van der Waals surface area contributed by atoms with Gasteiger partial charge in [0.05, 0.1) is 12.3 Å². The van der Waals surface area contributed by atoms with Crippen molar-refractivity contribution in [3.05, 3.63) is 18.6 Å². The van der Waals surface area contributed by atoms with Crippen molar-refractivity contribution >= 4 is 11.8 Å². The average molecular weight is 248 g/mol. The third kappa shape index (κ3) is 3.99. The molecule has 0 amide bonds. The molecule has 0 spiro atoms. The molecular formula is C12H16N4S. The van der Waals surface area contributed by atoms with Crippen LogP contribution in [-0.2, 0) is 0 Å². The van der Waals surface area contributed by atoms with Crippen molar-refractivity contribution in [1.82, 2.24) is 15.3 Å². The highest BCUT2D eigenvalue weighted by Gasteiger charge is 2.32. The Hall–Kier alpha value is -1.12. The monoisotopic (exact) mass is 248 g/mol. The highest BCUT2D eigenvalue weighted by molar-refractivity contribution is 7.99. The Morgan fingerprint density at radius 3 is 3.00 bits per heavy atom. The largest absolute Gasteiger partial charge is 0.297 e. The van der Waals surface area contributed by atoms with E-state index < -0.39 is 5.54 Å². The fourth-order valence-electron chi connectivity index (χ4n) is 1.56.